The molecule has 0 radical (unpaired) electrons. The maximum absolute atomic E-state index is 10.7. The van der Waals surface area contributed by atoms with Crippen LogP contribution in [0.4, 0.5) is 0 Å². The minimum absolute atomic E-state index is 0.184. The van der Waals surface area contributed by atoms with Crippen molar-refractivity contribution in [3.63, 3.8) is 0 Å². The smallest absolute Gasteiger partial charge is 0.309 e. The van der Waals surface area contributed by atoms with Crippen LogP contribution in [-0.2, 0) is 11.3 Å². The summed E-state index contributed by atoms with van der Waals surface area (Å²) < 4.78 is 5.60. The number of rotatable bonds is 7. The molecule has 4 heteroatoms. The predicted octanol–water partition coefficient (Wildman–Crippen LogP) is 2.38. The minimum atomic E-state index is -0.684. The molecule has 1 aliphatic heterocycles. The van der Waals surface area contributed by atoms with Crippen molar-refractivity contribution in [1.29, 1.82) is 0 Å². The van der Waals surface area contributed by atoms with Crippen LogP contribution < -0.4 is 4.74 Å². The molecule has 1 saturated heterocycles. The van der Waals surface area contributed by atoms with Crippen molar-refractivity contribution in [3.8, 4) is 5.75 Å². The summed E-state index contributed by atoms with van der Waals surface area (Å²) in [5.41, 5.74) is 1.20. The Morgan fingerprint density at radius 3 is 2.63 bits per heavy atom. The first-order valence-electron chi connectivity index (χ1n) is 6.86. The first-order valence-corrected chi connectivity index (χ1v) is 6.86. The van der Waals surface area contributed by atoms with Gasteiger partial charge in [0, 0.05) is 19.6 Å². The molecule has 0 atom stereocenters. The number of nitrogens with zero attached hydrogens (tertiary/aromatic N) is 1. The van der Waals surface area contributed by atoms with Crippen LogP contribution in [0.3, 0.4) is 0 Å². The van der Waals surface area contributed by atoms with E-state index in [0.717, 1.165) is 31.7 Å². The molecule has 0 unspecified atom stereocenters. The molecule has 0 bridgehead atoms. The second-order valence-electron chi connectivity index (χ2n) is 5.08. The predicted molar refractivity (Wildman–Crippen MR) is 73.2 cm³/mol. The molecular formula is C15H21NO3. The van der Waals surface area contributed by atoms with Crippen LogP contribution in [0.1, 0.15) is 25.3 Å². The largest absolute Gasteiger partial charge is 0.494 e. The van der Waals surface area contributed by atoms with E-state index in [-0.39, 0.29) is 5.92 Å². The van der Waals surface area contributed by atoms with Gasteiger partial charge in [0.1, 0.15) is 5.75 Å². The van der Waals surface area contributed by atoms with Gasteiger partial charge in [-0.25, -0.2) is 0 Å². The van der Waals surface area contributed by atoms with Gasteiger partial charge < -0.3 is 9.84 Å². The number of carbonyl (C=O) groups is 1. The molecule has 1 aromatic carbocycles. The Labute approximate surface area is 114 Å². The first kappa shape index (κ1) is 13.9. The lowest BCUT2D eigenvalue weighted by Crippen LogP contribution is -2.49. The molecule has 0 aliphatic carbocycles. The molecule has 1 fully saturated rings. The standard InChI is InChI=1S/C15H21NO3/c1-2-3-8-19-14-6-4-12(5-7-14)9-16-10-13(11-16)15(17)18/h4-7,13H,2-3,8-11H2,1H3,(H,17,18). The zero-order valence-electron chi connectivity index (χ0n) is 11.3. The summed E-state index contributed by atoms with van der Waals surface area (Å²) in [6.07, 6.45) is 2.21. The highest BCUT2D eigenvalue weighted by molar-refractivity contribution is 5.71. The van der Waals surface area contributed by atoms with E-state index >= 15 is 0 Å². The van der Waals surface area contributed by atoms with Gasteiger partial charge in [-0.2, -0.15) is 0 Å². The van der Waals surface area contributed by atoms with Gasteiger partial charge in [-0.05, 0) is 24.1 Å². The Balaban J connectivity index is 1.75. The molecule has 1 N–H and O–H groups in total. The number of hydrogen-bond donors (Lipinski definition) is 1. The van der Waals surface area contributed by atoms with Gasteiger partial charge in [0.25, 0.3) is 0 Å². The molecule has 0 spiro atoms. The number of carboxylic acids is 1. The third-order valence-electron chi connectivity index (χ3n) is 3.40. The Morgan fingerprint density at radius 2 is 2.05 bits per heavy atom. The topological polar surface area (TPSA) is 49.8 Å². The number of carboxylic acid groups (broad SMARTS) is 1. The van der Waals surface area contributed by atoms with Crippen molar-refractivity contribution in [2.24, 2.45) is 5.92 Å². The Bertz CT molecular complexity index is 410. The summed E-state index contributed by atoms with van der Waals surface area (Å²) >= 11 is 0. The highest BCUT2D eigenvalue weighted by Gasteiger charge is 2.31. The summed E-state index contributed by atoms with van der Waals surface area (Å²) in [6, 6.07) is 8.07. The number of unbranched alkanes of at least 4 members (excludes halogenated alkanes) is 1. The molecule has 0 aromatic heterocycles. The summed E-state index contributed by atoms with van der Waals surface area (Å²) in [5.74, 6) is 0.0387. The van der Waals surface area contributed by atoms with E-state index in [1.54, 1.807) is 0 Å². The van der Waals surface area contributed by atoms with Crippen molar-refractivity contribution in [2.75, 3.05) is 19.7 Å². The van der Waals surface area contributed by atoms with Crippen LogP contribution in [0.25, 0.3) is 0 Å². The van der Waals surface area contributed by atoms with Crippen molar-refractivity contribution in [3.05, 3.63) is 29.8 Å². The first-order chi connectivity index (χ1) is 9.19. The second-order valence-corrected chi connectivity index (χ2v) is 5.08. The van der Waals surface area contributed by atoms with Gasteiger partial charge in [0.05, 0.1) is 12.5 Å². The van der Waals surface area contributed by atoms with Crippen LogP contribution in [0.5, 0.6) is 5.75 Å². The van der Waals surface area contributed by atoms with Gasteiger partial charge in [0.15, 0.2) is 0 Å². The van der Waals surface area contributed by atoms with E-state index in [4.69, 9.17) is 9.84 Å². The summed E-state index contributed by atoms with van der Waals surface area (Å²) in [7, 11) is 0. The maximum atomic E-state index is 10.7. The van der Waals surface area contributed by atoms with Gasteiger partial charge in [-0.3, -0.25) is 9.69 Å². The molecule has 19 heavy (non-hydrogen) atoms. The second kappa shape index (κ2) is 6.57. The summed E-state index contributed by atoms with van der Waals surface area (Å²) in [4.78, 5) is 12.9. The van der Waals surface area contributed by atoms with Crippen LogP contribution in [0.2, 0.25) is 0 Å². The van der Waals surface area contributed by atoms with Crippen LogP contribution in [0, 0.1) is 5.92 Å². The van der Waals surface area contributed by atoms with Crippen molar-refractivity contribution >= 4 is 5.97 Å². The van der Waals surface area contributed by atoms with E-state index in [9.17, 15) is 4.79 Å². The average molecular weight is 263 g/mol. The number of benzene rings is 1. The monoisotopic (exact) mass is 263 g/mol. The van der Waals surface area contributed by atoms with E-state index in [1.165, 1.54) is 5.56 Å². The Hall–Kier alpha value is -1.55. The van der Waals surface area contributed by atoms with Crippen molar-refractivity contribution < 1.29 is 14.6 Å². The third kappa shape index (κ3) is 3.96. The summed E-state index contributed by atoms with van der Waals surface area (Å²) in [5, 5.41) is 8.81. The summed E-state index contributed by atoms with van der Waals surface area (Å²) in [6.45, 7) is 5.04. The quantitative estimate of drug-likeness (QED) is 0.767. The molecule has 1 aliphatic rings. The fourth-order valence-electron chi connectivity index (χ4n) is 2.14. The lowest BCUT2D eigenvalue weighted by Gasteiger charge is -2.36. The number of aliphatic carboxylic acids is 1. The zero-order chi connectivity index (χ0) is 13.7. The normalized spacial score (nSPS) is 16.1. The van der Waals surface area contributed by atoms with E-state index in [0.29, 0.717) is 13.1 Å². The van der Waals surface area contributed by atoms with Gasteiger partial charge in [-0.15, -0.1) is 0 Å². The lowest BCUT2D eigenvalue weighted by atomic mass is 10.00. The molecular weight excluding hydrogens is 242 g/mol. The molecule has 0 amide bonds. The molecule has 1 aromatic rings. The van der Waals surface area contributed by atoms with E-state index in [1.807, 2.05) is 12.1 Å². The van der Waals surface area contributed by atoms with E-state index in [2.05, 4.69) is 24.0 Å². The highest BCUT2D eigenvalue weighted by Crippen LogP contribution is 2.20. The average Bonchev–Trinajstić information content (AvgIpc) is 2.35. The Kier molecular flexibility index (Phi) is 4.80. The molecule has 104 valence electrons. The van der Waals surface area contributed by atoms with Crippen LogP contribution in [0.15, 0.2) is 24.3 Å². The number of likely N-dealkylation sites (tertiary alicyclic amines) is 1. The van der Waals surface area contributed by atoms with Gasteiger partial charge in [-0.1, -0.05) is 25.5 Å². The fraction of sp³-hybridized carbons (Fsp3) is 0.533. The van der Waals surface area contributed by atoms with Crippen molar-refractivity contribution in [2.45, 2.75) is 26.3 Å². The maximum Gasteiger partial charge on any atom is 0.309 e. The minimum Gasteiger partial charge on any atom is -0.494 e. The SMILES string of the molecule is CCCCOc1ccc(CN2CC(C(=O)O)C2)cc1. The molecule has 1 heterocycles. The van der Waals surface area contributed by atoms with Gasteiger partial charge >= 0.3 is 5.97 Å². The van der Waals surface area contributed by atoms with Crippen LogP contribution in [-0.4, -0.2) is 35.7 Å². The highest BCUT2D eigenvalue weighted by atomic mass is 16.5. The molecule has 2 rings (SSSR count). The van der Waals surface area contributed by atoms with Crippen LogP contribution >= 0.6 is 0 Å². The fourth-order valence-corrected chi connectivity index (χ4v) is 2.14. The lowest BCUT2D eigenvalue weighted by molar-refractivity contribution is -0.147. The molecule has 0 saturated carbocycles. The van der Waals surface area contributed by atoms with Gasteiger partial charge in [0.2, 0.25) is 0 Å². The zero-order valence-corrected chi connectivity index (χ0v) is 11.3. The Morgan fingerprint density at radius 1 is 1.37 bits per heavy atom. The van der Waals surface area contributed by atoms with Crippen molar-refractivity contribution in [1.82, 2.24) is 4.90 Å². The number of ether oxygens (including phenoxy) is 1. The van der Waals surface area contributed by atoms with E-state index < -0.39 is 5.97 Å². The molecule has 4 nitrogen and oxygen atoms in total. The number of hydrogen-bond acceptors (Lipinski definition) is 3. The third-order valence-corrected chi connectivity index (χ3v) is 3.40.